The van der Waals surface area contributed by atoms with Crippen LogP contribution in [0.1, 0.15) is 9.75 Å². The molecule has 6 nitrogen and oxygen atoms in total. The van der Waals surface area contributed by atoms with Gasteiger partial charge in [0.1, 0.15) is 0 Å². The molecule has 2 aromatic heterocycles. The molecule has 0 fully saturated rings. The highest BCUT2D eigenvalue weighted by Crippen LogP contribution is 2.16. The van der Waals surface area contributed by atoms with E-state index in [0.717, 1.165) is 9.75 Å². The van der Waals surface area contributed by atoms with Crippen LogP contribution in [0.25, 0.3) is 0 Å². The lowest BCUT2D eigenvalue weighted by Crippen LogP contribution is -2.23. The Bertz CT molecular complexity index is 693. The Balaban J connectivity index is 2.01. The van der Waals surface area contributed by atoms with Gasteiger partial charge in [0, 0.05) is 11.4 Å². The van der Waals surface area contributed by atoms with Crippen molar-refractivity contribution in [2.75, 3.05) is 6.54 Å². The molecule has 0 aromatic carbocycles. The zero-order chi connectivity index (χ0) is 13.7. The summed E-state index contributed by atoms with van der Waals surface area (Å²) in [4.78, 5) is 1.74. The first kappa shape index (κ1) is 13.8. The largest absolute Gasteiger partial charge is 0.320 e. The number of thiophene rings is 1. The van der Waals surface area contributed by atoms with Crippen molar-refractivity contribution in [2.45, 2.75) is 11.6 Å². The Kier molecular flexibility index (Phi) is 4.34. The van der Waals surface area contributed by atoms with E-state index in [1.165, 1.54) is 23.6 Å². The van der Waals surface area contributed by atoms with Crippen molar-refractivity contribution in [2.24, 2.45) is 5.73 Å². The SMILES string of the molecule is NCC#Cc1ccc(CNS(=O)(=O)c2ccn[nH]2)s1. The molecule has 2 heterocycles. The van der Waals surface area contributed by atoms with Crippen LogP contribution in [0.3, 0.4) is 0 Å². The summed E-state index contributed by atoms with van der Waals surface area (Å²) in [7, 11) is -3.54. The number of sulfonamides is 1. The Morgan fingerprint density at radius 3 is 2.95 bits per heavy atom. The van der Waals surface area contributed by atoms with E-state index in [0.29, 0.717) is 6.54 Å². The smallest absolute Gasteiger partial charge is 0.257 e. The molecule has 0 aliphatic heterocycles. The van der Waals surface area contributed by atoms with Crippen molar-refractivity contribution in [3.05, 3.63) is 34.2 Å². The average molecular weight is 296 g/mol. The number of nitrogens with zero attached hydrogens (tertiary/aromatic N) is 1. The third-order valence-corrected chi connectivity index (χ3v) is 4.51. The van der Waals surface area contributed by atoms with E-state index in [1.807, 2.05) is 12.1 Å². The Labute approximate surface area is 115 Å². The summed E-state index contributed by atoms with van der Waals surface area (Å²) in [5.74, 6) is 5.65. The van der Waals surface area contributed by atoms with Crippen LogP contribution in [0, 0.1) is 11.8 Å². The van der Waals surface area contributed by atoms with Gasteiger partial charge in [0.2, 0.25) is 0 Å². The number of hydrogen-bond acceptors (Lipinski definition) is 5. The van der Waals surface area contributed by atoms with Crippen molar-refractivity contribution >= 4 is 21.4 Å². The third-order valence-electron chi connectivity index (χ3n) is 2.18. The van der Waals surface area contributed by atoms with Crippen LogP contribution < -0.4 is 10.5 Å². The van der Waals surface area contributed by atoms with Crippen LogP contribution in [0.15, 0.2) is 29.4 Å². The molecule has 0 bridgehead atoms. The molecular formula is C11H12N4O2S2. The van der Waals surface area contributed by atoms with Gasteiger partial charge in [-0.15, -0.1) is 11.3 Å². The van der Waals surface area contributed by atoms with Crippen LogP contribution in [0.5, 0.6) is 0 Å². The number of H-pyrrole nitrogens is 1. The van der Waals surface area contributed by atoms with Crippen LogP contribution in [-0.4, -0.2) is 25.2 Å². The summed E-state index contributed by atoms with van der Waals surface area (Å²) in [5, 5.41) is 6.07. The van der Waals surface area contributed by atoms with Crippen molar-refractivity contribution < 1.29 is 8.42 Å². The molecule has 0 radical (unpaired) electrons. The molecule has 8 heteroatoms. The van der Waals surface area contributed by atoms with Crippen molar-refractivity contribution in [1.29, 1.82) is 0 Å². The normalized spacial score (nSPS) is 11.0. The highest BCUT2D eigenvalue weighted by molar-refractivity contribution is 7.89. The maximum Gasteiger partial charge on any atom is 0.257 e. The van der Waals surface area contributed by atoms with E-state index in [2.05, 4.69) is 26.8 Å². The number of nitrogens with one attached hydrogen (secondary N) is 2. The minimum atomic E-state index is -3.54. The van der Waals surface area contributed by atoms with Gasteiger partial charge in [0.25, 0.3) is 10.0 Å². The van der Waals surface area contributed by atoms with Crippen LogP contribution >= 0.6 is 11.3 Å². The van der Waals surface area contributed by atoms with Gasteiger partial charge in [-0.2, -0.15) is 5.10 Å². The molecule has 4 N–H and O–H groups in total. The minimum absolute atomic E-state index is 0.0483. The van der Waals surface area contributed by atoms with Crippen molar-refractivity contribution in [3.8, 4) is 11.8 Å². The summed E-state index contributed by atoms with van der Waals surface area (Å²) in [5.41, 5.74) is 5.28. The Morgan fingerprint density at radius 2 is 2.26 bits per heavy atom. The third kappa shape index (κ3) is 3.65. The fourth-order valence-electron chi connectivity index (χ4n) is 1.31. The van der Waals surface area contributed by atoms with Crippen LogP contribution in [0.2, 0.25) is 0 Å². The lowest BCUT2D eigenvalue weighted by molar-refractivity contribution is 0.577. The van der Waals surface area contributed by atoms with Gasteiger partial charge in [-0.05, 0) is 18.2 Å². The zero-order valence-corrected chi connectivity index (χ0v) is 11.5. The predicted molar refractivity (Wildman–Crippen MR) is 72.9 cm³/mol. The molecule has 0 atom stereocenters. The number of nitrogens with two attached hydrogens (primary N) is 1. The fourth-order valence-corrected chi connectivity index (χ4v) is 3.14. The van der Waals surface area contributed by atoms with Crippen molar-refractivity contribution in [1.82, 2.24) is 14.9 Å². The molecule has 0 amide bonds. The van der Waals surface area contributed by atoms with Gasteiger partial charge in [0.15, 0.2) is 5.03 Å². The van der Waals surface area contributed by atoms with Crippen LogP contribution in [0.4, 0.5) is 0 Å². The van der Waals surface area contributed by atoms with E-state index >= 15 is 0 Å². The second-order valence-corrected chi connectivity index (χ2v) is 6.42. The topological polar surface area (TPSA) is 101 Å². The summed E-state index contributed by atoms with van der Waals surface area (Å²) < 4.78 is 26.1. The summed E-state index contributed by atoms with van der Waals surface area (Å²) in [6.45, 7) is 0.524. The minimum Gasteiger partial charge on any atom is -0.320 e. The maximum absolute atomic E-state index is 11.8. The highest BCUT2D eigenvalue weighted by Gasteiger charge is 2.15. The Morgan fingerprint density at radius 1 is 1.42 bits per heavy atom. The number of hydrogen-bond donors (Lipinski definition) is 3. The number of aromatic amines is 1. The van der Waals surface area contributed by atoms with Gasteiger partial charge in [0.05, 0.1) is 17.6 Å². The second-order valence-electron chi connectivity index (χ2n) is 3.52. The van der Waals surface area contributed by atoms with Gasteiger partial charge < -0.3 is 5.73 Å². The lowest BCUT2D eigenvalue weighted by Gasteiger charge is -2.02. The standard InChI is InChI=1S/C11H12N4O2S2/c12-6-1-2-9-3-4-10(18-9)8-14-19(16,17)11-5-7-13-15-11/h3-5,7,14H,6,8,12H2,(H,13,15). The number of aromatic nitrogens is 2. The first-order valence-corrected chi connectivity index (χ1v) is 7.68. The van der Waals surface area contributed by atoms with E-state index in [1.54, 1.807) is 0 Å². The van der Waals surface area contributed by atoms with Gasteiger partial charge in [-0.1, -0.05) is 11.8 Å². The first-order chi connectivity index (χ1) is 9.12. The number of rotatable bonds is 4. The highest BCUT2D eigenvalue weighted by atomic mass is 32.2. The second kappa shape index (κ2) is 5.99. The molecule has 0 aliphatic carbocycles. The summed E-state index contributed by atoms with van der Waals surface area (Å²) >= 11 is 1.43. The molecule has 0 saturated carbocycles. The van der Waals surface area contributed by atoms with E-state index < -0.39 is 10.0 Å². The molecule has 2 rings (SSSR count). The first-order valence-electron chi connectivity index (χ1n) is 5.38. The fraction of sp³-hybridized carbons (Fsp3) is 0.182. The average Bonchev–Trinajstić information content (AvgIpc) is 3.05. The van der Waals surface area contributed by atoms with E-state index in [9.17, 15) is 8.42 Å². The molecule has 0 spiro atoms. The van der Waals surface area contributed by atoms with Gasteiger partial charge in [-0.3, -0.25) is 5.10 Å². The molecule has 19 heavy (non-hydrogen) atoms. The maximum atomic E-state index is 11.8. The van der Waals surface area contributed by atoms with Gasteiger partial charge in [-0.25, -0.2) is 13.1 Å². The molecular weight excluding hydrogens is 284 g/mol. The predicted octanol–water partition coefficient (Wildman–Crippen LogP) is 0.260. The molecule has 0 unspecified atom stereocenters. The summed E-state index contributed by atoms with van der Waals surface area (Å²) in [6.07, 6.45) is 1.39. The summed E-state index contributed by atoms with van der Waals surface area (Å²) in [6, 6.07) is 5.07. The quantitative estimate of drug-likeness (QED) is 0.704. The lowest BCUT2D eigenvalue weighted by atomic mass is 10.4. The van der Waals surface area contributed by atoms with Crippen LogP contribution in [-0.2, 0) is 16.6 Å². The zero-order valence-electron chi connectivity index (χ0n) is 9.88. The molecule has 0 aliphatic rings. The van der Waals surface area contributed by atoms with Gasteiger partial charge >= 0.3 is 0 Å². The van der Waals surface area contributed by atoms with E-state index in [-0.39, 0.29) is 11.6 Å². The molecule has 2 aromatic rings. The Hall–Kier alpha value is -1.66. The van der Waals surface area contributed by atoms with Crippen molar-refractivity contribution in [3.63, 3.8) is 0 Å². The monoisotopic (exact) mass is 296 g/mol. The molecule has 100 valence electrons. The van der Waals surface area contributed by atoms with E-state index in [4.69, 9.17) is 5.73 Å². The molecule has 0 saturated heterocycles.